The van der Waals surface area contributed by atoms with Crippen molar-refractivity contribution in [1.29, 1.82) is 0 Å². The highest BCUT2D eigenvalue weighted by molar-refractivity contribution is 7.47. The number of unbranched alkanes of at least 4 members (excludes halogenated alkanes) is 40. The van der Waals surface area contributed by atoms with Crippen LogP contribution in [-0.2, 0) is 65.4 Å². The van der Waals surface area contributed by atoms with Crippen LogP contribution >= 0.6 is 15.6 Å². The van der Waals surface area contributed by atoms with Crippen LogP contribution in [-0.4, -0.2) is 96.7 Å². The molecule has 0 aromatic heterocycles. The number of ether oxygens (including phenoxy) is 4. The van der Waals surface area contributed by atoms with E-state index in [1.165, 1.54) is 173 Å². The molecule has 0 aromatic carbocycles. The van der Waals surface area contributed by atoms with Crippen LogP contribution in [0.1, 0.15) is 374 Å². The maximum Gasteiger partial charge on any atom is 0.472 e. The predicted octanol–water partition coefficient (Wildman–Crippen LogP) is 24.0. The summed E-state index contributed by atoms with van der Waals surface area (Å²) in [4.78, 5) is 73.0. The lowest BCUT2D eigenvalue weighted by Crippen LogP contribution is -2.30. The summed E-state index contributed by atoms with van der Waals surface area (Å²) in [6, 6.07) is 0. The third kappa shape index (κ3) is 74.8. The van der Waals surface area contributed by atoms with E-state index in [-0.39, 0.29) is 25.7 Å². The molecule has 0 spiro atoms. The van der Waals surface area contributed by atoms with Gasteiger partial charge in [-0.3, -0.25) is 37.3 Å². The van der Waals surface area contributed by atoms with Crippen LogP contribution in [0.25, 0.3) is 0 Å². The number of hydrogen-bond donors (Lipinski definition) is 3. The molecule has 0 aliphatic heterocycles. The van der Waals surface area contributed by atoms with Gasteiger partial charge in [0.05, 0.1) is 26.4 Å². The maximum absolute atomic E-state index is 13.1. The summed E-state index contributed by atoms with van der Waals surface area (Å²) in [6.07, 6.45) is 77.4. The molecular weight excluding hydrogens is 1330 g/mol. The Morgan fingerprint density at radius 3 is 0.794 bits per heavy atom. The minimum atomic E-state index is -4.99. The van der Waals surface area contributed by atoms with Gasteiger partial charge in [-0.1, -0.05) is 325 Å². The normalized spacial score (nSPS) is 14.2. The molecule has 2 unspecified atom stereocenters. The summed E-state index contributed by atoms with van der Waals surface area (Å²) >= 11 is 0. The molecule has 0 aromatic rings. The molecule has 0 amide bonds. The summed E-state index contributed by atoms with van der Waals surface area (Å²) in [5.74, 6) is -2.22. The van der Waals surface area contributed by atoms with Gasteiger partial charge < -0.3 is 33.8 Å². The van der Waals surface area contributed by atoms with Crippen LogP contribution in [0.5, 0.6) is 0 Å². The first kappa shape index (κ1) is 98.5. The molecular formula is C83H150O17P2. The molecule has 0 aliphatic rings. The molecule has 0 saturated heterocycles. The van der Waals surface area contributed by atoms with Crippen molar-refractivity contribution in [3.8, 4) is 0 Å². The number of carbonyl (C=O) groups excluding carboxylic acids is 4. The SMILES string of the molecule is CCCCC/C=C\C/C=C\C/C=C\C/C=C\CCCC(=O)OC[C@H](COP(=O)(O)OC[C@H](O)COP(=O)(O)OC[C@@H](COC(=O)CCCCCCCCCCCCCCCCCCC)OC(=O)CCCCCCCCCCCCCCC)OC(=O)CCCCCCC/C=C\C/C=C\CCCCC. The quantitative estimate of drug-likeness (QED) is 0.0169. The Labute approximate surface area is 622 Å². The molecule has 0 rings (SSSR count). The molecule has 17 nitrogen and oxygen atoms in total. The lowest BCUT2D eigenvalue weighted by molar-refractivity contribution is -0.161. The second-order valence-corrected chi connectivity index (χ2v) is 30.6. The van der Waals surface area contributed by atoms with Gasteiger partial charge in [0.15, 0.2) is 12.2 Å². The molecule has 3 N–H and O–H groups in total. The monoisotopic (exact) mass is 1480 g/mol. The Morgan fingerprint density at radius 2 is 0.490 bits per heavy atom. The summed E-state index contributed by atoms with van der Waals surface area (Å²) in [7, 11) is -9.96. The van der Waals surface area contributed by atoms with Crippen molar-refractivity contribution in [3.63, 3.8) is 0 Å². The molecule has 5 atom stereocenters. The summed E-state index contributed by atoms with van der Waals surface area (Å²) in [5, 5.41) is 10.6. The number of phosphoric ester groups is 2. The molecule has 594 valence electrons. The van der Waals surface area contributed by atoms with Crippen molar-refractivity contribution in [2.45, 2.75) is 393 Å². The van der Waals surface area contributed by atoms with Gasteiger partial charge in [0.25, 0.3) is 0 Å². The van der Waals surface area contributed by atoms with Gasteiger partial charge in [-0.25, -0.2) is 9.13 Å². The van der Waals surface area contributed by atoms with E-state index >= 15 is 0 Å². The first-order valence-electron chi connectivity index (χ1n) is 41.2. The zero-order valence-corrected chi connectivity index (χ0v) is 66.8. The Morgan fingerprint density at radius 1 is 0.275 bits per heavy atom. The number of phosphoric acid groups is 2. The largest absolute Gasteiger partial charge is 0.472 e. The number of allylic oxidation sites excluding steroid dienone is 12. The van der Waals surface area contributed by atoms with E-state index < -0.39 is 97.5 Å². The Hall–Kier alpha value is -3.50. The van der Waals surface area contributed by atoms with Crippen LogP contribution in [0.4, 0.5) is 0 Å². The van der Waals surface area contributed by atoms with E-state index in [1.54, 1.807) is 0 Å². The minimum absolute atomic E-state index is 0.0698. The van der Waals surface area contributed by atoms with Crippen LogP contribution in [0.15, 0.2) is 72.9 Å². The van der Waals surface area contributed by atoms with E-state index in [1.807, 2.05) is 12.2 Å². The third-order valence-electron chi connectivity index (χ3n) is 17.7. The molecule has 0 radical (unpaired) electrons. The van der Waals surface area contributed by atoms with E-state index in [4.69, 9.17) is 37.0 Å². The van der Waals surface area contributed by atoms with Crippen molar-refractivity contribution in [2.75, 3.05) is 39.6 Å². The fraction of sp³-hybridized carbons (Fsp3) is 0.807. The van der Waals surface area contributed by atoms with E-state index in [9.17, 15) is 43.2 Å². The van der Waals surface area contributed by atoms with Crippen molar-refractivity contribution >= 4 is 39.5 Å². The number of hydrogen-bond acceptors (Lipinski definition) is 15. The van der Waals surface area contributed by atoms with Gasteiger partial charge in [0.1, 0.15) is 19.3 Å². The van der Waals surface area contributed by atoms with Crippen molar-refractivity contribution in [1.82, 2.24) is 0 Å². The van der Waals surface area contributed by atoms with E-state index in [2.05, 4.69) is 88.5 Å². The second-order valence-electron chi connectivity index (χ2n) is 27.7. The fourth-order valence-corrected chi connectivity index (χ4v) is 12.9. The summed E-state index contributed by atoms with van der Waals surface area (Å²) in [6.45, 7) is 4.82. The standard InChI is InChI=1S/C83H150O17P2/c1-5-9-13-17-21-25-29-33-36-38-41-44-47-51-55-59-63-67-80(85)93-73-78(99-82(87)69-65-61-57-53-49-43-32-28-24-20-16-12-8-4)75-97-101(89,90)95-71-77(84)72-96-102(91,92)98-76-79(100-83(88)70-66-62-58-54-50-46-40-35-31-27-23-19-15-11-7-3)74-94-81(86)68-64-60-56-52-48-45-42-39-37-34-30-26-22-18-14-10-6-2/h22-23,26-27,34-35,37,40,42,45,52,56,77-79,84H,5-21,24-25,28-33,36,38-39,41,43-44,46-51,53-55,57-76H2,1-4H3,(H,89,90)(H,91,92)/b26-22-,27-23-,37-34-,40-35-,45-42-,56-52-/t77-,78-,79-/m1/s1. The van der Waals surface area contributed by atoms with Crippen LogP contribution in [0, 0.1) is 0 Å². The molecule has 0 saturated carbocycles. The Balaban J connectivity index is 5.36. The molecule has 19 heteroatoms. The zero-order chi connectivity index (χ0) is 74.6. The van der Waals surface area contributed by atoms with Gasteiger partial charge in [-0.15, -0.1) is 0 Å². The van der Waals surface area contributed by atoms with E-state index in [0.717, 1.165) is 116 Å². The third-order valence-corrected chi connectivity index (χ3v) is 19.6. The molecule has 0 aliphatic carbocycles. The zero-order valence-electron chi connectivity index (χ0n) is 65.0. The summed E-state index contributed by atoms with van der Waals surface area (Å²) in [5.41, 5.74) is 0. The van der Waals surface area contributed by atoms with Crippen LogP contribution < -0.4 is 0 Å². The van der Waals surface area contributed by atoms with Gasteiger partial charge in [-0.05, 0) is 96.3 Å². The van der Waals surface area contributed by atoms with Crippen molar-refractivity contribution in [3.05, 3.63) is 72.9 Å². The lowest BCUT2D eigenvalue weighted by atomic mass is 10.0. The number of rotatable bonds is 78. The number of aliphatic hydroxyl groups excluding tert-OH is 1. The smallest absolute Gasteiger partial charge is 0.462 e. The van der Waals surface area contributed by atoms with Crippen molar-refractivity contribution < 1.29 is 80.2 Å². The predicted molar refractivity (Wildman–Crippen MR) is 418 cm³/mol. The minimum Gasteiger partial charge on any atom is -0.462 e. The molecule has 0 bridgehead atoms. The highest BCUT2D eigenvalue weighted by Crippen LogP contribution is 2.45. The fourth-order valence-electron chi connectivity index (χ4n) is 11.4. The van der Waals surface area contributed by atoms with Gasteiger partial charge in [0.2, 0.25) is 0 Å². The van der Waals surface area contributed by atoms with Crippen molar-refractivity contribution in [2.24, 2.45) is 0 Å². The first-order valence-corrected chi connectivity index (χ1v) is 44.2. The summed E-state index contributed by atoms with van der Waals surface area (Å²) < 4.78 is 68.6. The van der Waals surface area contributed by atoms with Gasteiger partial charge in [-0.2, -0.15) is 0 Å². The average Bonchev–Trinajstić information content (AvgIpc) is 0.939. The number of aliphatic hydroxyl groups is 1. The maximum atomic E-state index is 13.1. The van der Waals surface area contributed by atoms with Crippen LogP contribution in [0.2, 0.25) is 0 Å². The van der Waals surface area contributed by atoms with Gasteiger partial charge in [0, 0.05) is 25.7 Å². The Bertz CT molecular complexity index is 2210. The number of esters is 4. The highest BCUT2D eigenvalue weighted by atomic mass is 31.2. The lowest BCUT2D eigenvalue weighted by Gasteiger charge is -2.21. The average molecular weight is 1480 g/mol. The molecule has 0 heterocycles. The van der Waals surface area contributed by atoms with E-state index in [0.29, 0.717) is 32.1 Å². The number of carbonyl (C=O) groups is 4. The second kappa shape index (κ2) is 75.7. The Kier molecular flexibility index (Phi) is 73.1. The first-order chi connectivity index (χ1) is 49.7. The van der Waals surface area contributed by atoms with Crippen LogP contribution in [0.3, 0.4) is 0 Å². The molecule has 0 fully saturated rings. The molecule has 102 heavy (non-hydrogen) atoms. The van der Waals surface area contributed by atoms with Gasteiger partial charge >= 0.3 is 39.5 Å². The highest BCUT2D eigenvalue weighted by Gasteiger charge is 2.30. The topological polar surface area (TPSA) is 237 Å².